The van der Waals surface area contributed by atoms with Gasteiger partial charge in [-0.3, -0.25) is 4.79 Å². The van der Waals surface area contributed by atoms with Crippen LogP contribution in [0.4, 0.5) is 0 Å². The standard InChI is InChI=1S/C12H23N3OS.2C2H6/c1-10(16)14-11-2-4-12(5-3-11)17-15-8-6-13-7-9-15;2*1-2/h11-13H,2-9H2,1H3,(H,14,16);2*1-2H3. The number of nitrogens with zero attached hydrogens (tertiary/aromatic N) is 1. The Bertz CT molecular complexity index is 250. The third-order valence-corrected chi connectivity index (χ3v) is 4.89. The van der Waals surface area contributed by atoms with Gasteiger partial charge in [-0.2, -0.15) is 0 Å². The predicted molar refractivity (Wildman–Crippen MR) is 94.6 cm³/mol. The summed E-state index contributed by atoms with van der Waals surface area (Å²) in [5.74, 6) is 0.114. The summed E-state index contributed by atoms with van der Waals surface area (Å²) < 4.78 is 2.50. The van der Waals surface area contributed by atoms with Gasteiger partial charge in [0.05, 0.1) is 0 Å². The van der Waals surface area contributed by atoms with E-state index in [1.54, 1.807) is 6.92 Å². The summed E-state index contributed by atoms with van der Waals surface area (Å²) in [5.41, 5.74) is 0. The Balaban J connectivity index is 0.000000921. The van der Waals surface area contributed by atoms with Crippen LogP contribution >= 0.6 is 11.9 Å². The molecule has 1 aliphatic carbocycles. The molecule has 2 rings (SSSR count). The van der Waals surface area contributed by atoms with E-state index in [1.165, 1.54) is 12.8 Å². The third kappa shape index (κ3) is 9.38. The molecule has 1 heterocycles. The second-order valence-corrected chi connectivity index (χ2v) is 6.35. The first-order valence-electron chi connectivity index (χ1n) is 8.63. The van der Waals surface area contributed by atoms with Crippen LogP contribution < -0.4 is 10.6 Å². The van der Waals surface area contributed by atoms with Crippen LogP contribution in [0.3, 0.4) is 0 Å². The lowest BCUT2D eigenvalue weighted by molar-refractivity contribution is -0.119. The fraction of sp³-hybridized carbons (Fsp3) is 0.938. The van der Waals surface area contributed by atoms with Crippen LogP contribution in [0.2, 0.25) is 0 Å². The Kier molecular flexibility index (Phi) is 13.2. The van der Waals surface area contributed by atoms with Gasteiger partial charge in [-0.25, -0.2) is 4.31 Å². The number of carbonyl (C=O) groups excluding carboxylic acids is 1. The highest BCUT2D eigenvalue weighted by Crippen LogP contribution is 2.30. The fourth-order valence-corrected chi connectivity index (χ4v) is 3.86. The molecular weight excluding hydrogens is 282 g/mol. The fourth-order valence-electron chi connectivity index (χ4n) is 2.56. The van der Waals surface area contributed by atoms with Gasteiger partial charge in [0.1, 0.15) is 0 Å². The molecule has 1 amide bonds. The van der Waals surface area contributed by atoms with E-state index >= 15 is 0 Å². The summed E-state index contributed by atoms with van der Waals surface area (Å²) in [5, 5.41) is 7.17. The van der Waals surface area contributed by atoms with Crippen molar-refractivity contribution in [3.8, 4) is 0 Å². The van der Waals surface area contributed by atoms with Crippen LogP contribution in [0, 0.1) is 0 Å². The predicted octanol–water partition coefficient (Wildman–Crippen LogP) is 3.04. The molecule has 0 bridgehead atoms. The topological polar surface area (TPSA) is 44.4 Å². The first-order valence-corrected chi connectivity index (χ1v) is 9.47. The maximum Gasteiger partial charge on any atom is 0.217 e. The number of amides is 1. The van der Waals surface area contributed by atoms with E-state index in [1.807, 2.05) is 39.6 Å². The van der Waals surface area contributed by atoms with Crippen molar-refractivity contribution in [3.05, 3.63) is 0 Å². The first kappa shape index (κ1) is 20.7. The monoisotopic (exact) mass is 317 g/mol. The maximum absolute atomic E-state index is 11.0. The second kappa shape index (κ2) is 13.4. The lowest BCUT2D eigenvalue weighted by Crippen LogP contribution is -2.42. The summed E-state index contributed by atoms with van der Waals surface area (Å²) in [7, 11) is 0. The second-order valence-electron chi connectivity index (χ2n) is 4.96. The van der Waals surface area contributed by atoms with Crippen LogP contribution in [0.5, 0.6) is 0 Å². The quantitative estimate of drug-likeness (QED) is 0.785. The highest BCUT2D eigenvalue weighted by molar-refractivity contribution is 7.97. The molecule has 21 heavy (non-hydrogen) atoms. The van der Waals surface area contributed by atoms with Crippen molar-refractivity contribution in [2.24, 2.45) is 0 Å². The van der Waals surface area contributed by atoms with E-state index in [4.69, 9.17) is 0 Å². The van der Waals surface area contributed by atoms with E-state index in [0.29, 0.717) is 6.04 Å². The molecule has 0 radical (unpaired) electrons. The molecule has 1 saturated carbocycles. The molecule has 0 aromatic carbocycles. The molecule has 0 spiro atoms. The van der Waals surface area contributed by atoms with Gasteiger partial charge in [0.2, 0.25) is 5.91 Å². The third-order valence-electron chi connectivity index (χ3n) is 3.46. The molecule has 1 saturated heterocycles. The van der Waals surface area contributed by atoms with Crippen molar-refractivity contribution >= 4 is 17.9 Å². The van der Waals surface area contributed by atoms with Crippen LogP contribution in [0.25, 0.3) is 0 Å². The highest BCUT2D eigenvalue weighted by atomic mass is 32.2. The van der Waals surface area contributed by atoms with Gasteiger partial charge in [0, 0.05) is 44.4 Å². The molecule has 0 atom stereocenters. The van der Waals surface area contributed by atoms with Crippen molar-refractivity contribution in [2.45, 2.75) is 71.6 Å². The average molecular weight is 318 g/mol. The normalized spacial score (nSPS) is 25.8. The number of carbonyl (C=O) groups is 1. The lowest BCUT2D eigenvalue weighted by atomic mass is 9.95. The molecular formula is C16H35N3OS. The summed E-state index contributed by atoms with van der Waals surface area (Å²) in [6, 6.07) is 0.423. The SMILES string of the molecule is CC.CC.CC(=O)NC1CCC(SN2CCNCC2)CC1. The Morgan fingerprint density at radius 3 is 2.05 bits per heavy atom. The molecule has 1 aliphatic heterocycles. The van der Waals surface area contributed by atoms with Crippen molar-refractivity contribution in [3.63, 3.8) is 0 Å². The molecule has 2 fully saturated rings. The van der Waals surface area contributed by atoms with Gasteiger partial charge in [-0.1, -0.05) is 39.6 Å². The Morgan fingerprint density at radius 1 is 1.05 bits per heavy atom. The number of hydrogen-bond donors (Lipinski definition) is 2. The Morgan fingerprint density at radius 2 is 1.57 bits per heavy atom. The van der Waals surface area contributed by atoms with Crippen LogP contribution in [0.1, 0.15) is 60.3 Å². The molecule has 0 unspecified atom stereocenters. The van der Waals surface area contributed by atoms with Gasteiger partial charge >= 0.3 is 0 Å². The molecule has 4 nitrogen and oxygen atoms in total. The van der Waals surface area contributed by atoms with E-state index in [0.717, 1.165) is 44.3 Å². The lowest BCUT2D eigenvalue weighted by Gasteiger charge is -2.33. The average Bonchev–Trinajstić information content (AvgIpc) is 2.54. The molecule has 2 N–H and O–H groups in total. The molecule has 0 aromatic rings. The van der Waals surface area contributed by atoms with Crippen molar-refractivity contribution < 1.29 is 4.79 Å². The number of piperazine rings is 1. The first-order chi connectivity index (χ1) is 10.2. The van der Waals surface area contributed by atoms with Crippen molar-refractivity contribution in [2.75, 3.05) is 26.2 Å². The summed E-state index contributed by atoms with van der Waals surface area (Å²) >= 11 is 2.04. The van der Waals surface area contributed by atoms with Crippen LogP contribution in [-0.4, -0.2) is 47.7 Å². The summed E-state index contributed by atoms with van der Waals surface area (Å²) in [6.07, 6.45) is 4.76. The minimum Gasteiger partial charge on any atom is -0.354 e. The zero-order valence-electron chi connectivity index (χ0n) is 14.6. The smallest absolute Gasteiger partial charge is 0.217 e. The Labute approximate surface area is 135 Å². The zero-order valence-corrected chi connectivity index (χ0v) is 15.4. The van der Waals surface area contributed by atoms with Gasteiger partial charge in [-0.15, -0.1) is 0 Å². The highest BCUT2D eigenvalue weighted by Gasteiger charge is 2.24. The van der Waals surface area contributed by atoms with Crippen LogP contribution in [0.15, 0.2) is 0 Å². The van der Waals surface area contributed by atoms with Gasteiger partial charge in [0.15, 0.2) is 0 Å². The molecule has 0 aromatic heterocycles. The number of nitrogens with one attached hydrogen (secondary N) is 2. The summed E-state index contributed by atoms with van der Waals surface area (Å²) in [6.45, 7) is 14.2. The molecule has 2 aliphatic rings. The zero-order chi connectivity index (χ0) is 16.1. The largest absolute Gasteiger partial charge is 0.354 e. The number of hydrogen-bond acceptors (Lipinski definition) is 4. The van der Waals surface area contributed by atoms with E-state index in [-0.39, 0.29) is 5.91 Å². The van der Waals surface area contributed by atoms with Crippen LogP contribution in [-0.2, 0) is 4.79 Å². The molecule has 5 heteroatoms. The number of rotatable bonds is 3. The van der Waals surface area contributed by atoms with E-state index in [9.17, 15) is 4.79 Å². The van der Waals surface area contributed by atoms with Crippen molar-refractivity contribution in [1.29, 1.82) is 0 Å². The van der Waals surface area contributed by atoms with Gasteiger partial charge < -0.3 is 10.6 Å². The van der Waals surface area contributed by atoms with Gasteiger partial charge in [-0.05, 0) is 25.7 Å². The Hall–Kier alpha value is -0.260. The van der Waals surface area contributed by atoms with E-state index < -0.39 is 0 Å². The minimum atomic E-state index is 0.114. The summed E-state index contributed by atoms with van der Waals surface area (Å²) in [4.78, 5) is 11.0. The van der Waals surface area contributed by atoms with Crippen molar-refractivity contribution in [1.82, 2.24) is 14.9 Å². The van der Waals surface area contributed by atoms with E-state index in [2.05, 4.69) is 14.9 Å². The molecule has 126 valence electrons. The minimum absolute atomic E-state index is 0.114. The maximum atomic E-state index is 11.0. The van der Waals surface area contributed by atoms with Gasteiger partial charge in [0.25, 0.3) is 0 Å².